The van der Waals surface area contributed by atoms with Crippen LogP contribution in [0.2, 0.25) is 5.02 Å². The molecule has 1 atom stereocenters. The minimum atomic E-state index is -0.552. The molecule has 5 N–H and O–H groups in total. The Morgan fingerprint density at radius 2 is 1.74 bits per heavy atom. The van der Waals surface area contributed by atoms with Gasteiger partial charge in [0.1, 0.15) is 0 Å². The van der Waals surface area contributed by atoms with Crippen molar-refractivity contribution in [2.75, 3.05) is 17.2 Å². The Morgan fingerprint density at radius 3 is 2.35 bits per heavy atom. The van der Waals surface area contributed by atoms with E-state index in [1.807, 2.05) is 18.4 Å². The maximum absolute atomic E-state index is 10.2. The summed E-state index contributed by atoms with van der Waals surface area (Å²) in [6, 6.07) is 3.21. The van der Waals surface area contributed by atoms with Crippen LogP contribution in [0.25, 0.3) is 11.4 Å². The van der Waals surface area contributed by atoms with Crippen LogP contribution in [-0.4, -0.2) is 47.7 Å². The van der Waals surface area contributed by atoms with Crippen molar-refractivity contribution < 1.29 is 15.3 Å². The third kappa shape index (κ3) is 4.62. The van der Waals surface area contributed by atoms with Crippen LogP contribution in [0.5, 0.6) is 11.5 Å². The second kappa shape index (κ2) is 9.15. The summed E-state index contributed by atoms with van der Waals surface area (Å²) in [6.07, 6.45) is -0.552. The van der Waals surface area contributed by atoms with Gasteiger partial charge in [-0.2, -0.15) is 10.1 Å². The van der Waals surface area contributed by atoms with Crippen molar-refractivity contribution in [3.05, 3.63) is 28.4 Å². The van der Waals surface area contributed by atoms with Crippen LogP contribution in [0, 0.1) is 0 Å². The van der Waals surface area contributed by atoms with E-state index < -0.39 is 6.10 Å². The molecule has 3 rings (SSSR count). The number of aromatic nitrogens is 4. The van der Waals surface area contributed by atoms with Gasteiger partial charge in [0, 0.05) is 24.7 Å². The number of aromatic hydroxyl groups is 2. The highest BCUT2D eigenvalue weighted by molar-refractivity contribution is 6.32. The first-order valence-electron chi connectivity index (χ1n) is 10.2. The van der Waals surface area contributed by atoms with E-state index in [9.17, 15) is 15.3 Å². The summed E-state index contributed by atoms with van der Waals surface area (Å²) in [7, 11) is 0. The van der Waals surface area contributed by atoms with Gasteiger partial charge in [-0.15, -0.1) is 5.10 Å². The number of nitrogens with one attached hydrogen (secondary N) is 2. The van der Waals surface area contributed by atoms with Crippen LogP contribution in [0.4, 0.5) is 11.8 Å². The van der Waals surface area contributed by atoms with E-state index in [0.717, 1.165) is 11.4 Å². The summed E-state index contributed by atoms with van der Waals surface area (Å²) in [5, 5.41) is 45.1. The second-order valence-corrected chi connectivity index (χ2v) is 8.58. The van der Waals surface area contributed by atoms with E-state index in [4.69, 9.17) is 16.6 Å². The van der Waals surface area contributed by atoms with Crippen molar-refractivity contribution in [1.82, 2.24) is 19.7 Å². The molecule has 0 spiro atoms. The molecule has 0 aromatic heterocycles. The normalized spacial score (nSPS) is 12.7. The molecule has 10 heteroatoms. The molecule has 1 unspecified atom stereocenters. The fourth-order valence-corrected chi connectivity index (χ4v) is 3.49. The lowest BCUT2D eigenvalue weighted by Gasteiger charge is -2.24. The minimum Gasteiger partial charge on any atom is -0.504 e. The molecule has 0 bridgehead atoms. The quantitative estimate of drug-likeness (QED) is 0.327. The van der Waals surface area contributed by atoms with Crippen LogP contribution < -0.4 is 10.6 Å². The van der Waals surface area contributed by atoms with Crippen molar-refractivity contribution in [1.29, 1.82) is 0 Å². The molecule has 0 aliphatic carbocycles. The molecule has 2 aliphatic rings. The molecule has 0 saturated carbocycles. The SMILES string of the molecule is CC(O)CNc1nc(NCc2ccc(Cl)c(O)c2O)c2nnc(C(C)C)c-2n1C(C)C. The molecule has 0 amide bonds. The molecular formula is C21H29ClN6O3. The number of nitrogens with zero attached hydrogens (tertiary/aromatic N) is 4. The van der Waals surface area contributed by atoms with Crippen LogP contribution in [0.15, 0.2) is 12.1 Å². The lowest BCUT2D eigenvalue weighted by molar-refractivity contribution is 0.208. The van der Waals surface area contributed by atoms with Gasteiger partial charge >= 0.3 is 0 Å². The average molecular weight is 449 g/mol. The summed E-state index contributed by atoms with van der Waals surface area (Å²) < 4.78 is 2.03. The zero-order chi connectivity index (χ0) is 22.9. The number of phenols is 2. The van der Waals surface area contributed by atoms with E-state index in [-0.39, 0.29) is 35.0 Å². The Labute approximate surface area is 186 Å². The smallest absolute Gasteiger partial charge is 0.205 e. The molecule has 9 nitrogen and oxygen atoms in total. The Morgan fingerprint density at radius 1 is 1.03 bits per heavy atom. The van der Waals surface area contributed by atoms with Gasteiger partial charge in [0.05, 0.1) is 22.5 Å². The monoisotopic (exact) mass is 448 g/mol. The summed E-state index contributed by atoms with van der Waals surface area (Å²) >= 11 is 5.85. The molecule has 2 aliphatic heterocycles. The van der Waals surface area contributed by atoms with Gasteiger partial charge < -0.3 is 30.5 Å². The summed E-state index contributed by atoms with van der Waals surface area (Å²) in [5.41, 5.74) is 2.78. The average Bonchev–Trinajstić information content (AvgIpc) is 3.14. The first kappa shape index (κ1) is 22.9. The number of halogens is 1. The first-order chi connectivity index (χ1) is 14.6. The lowest BCUT2D eigenvalue weighted by Crippen LogP contribution is -2.23. The standard InChI is InChI=1S/C21H29ClN6O3/c1-10(2)15-17-16(27-26-15)20(23-9-13-6-7-14(22)19(31)18(13)30)25-21(24-8-12(5)29)28(17)11(3)4/h6-7,10-12,23,29-31H,8-9H2,1-5H3,(H,24,25). The van der Waals surface area contributed by atoms with E-state index >= 15 is 0 Å². The minimum absolute atomic E-state index is 0.0707. The molecule has 1 aromatic rings. The molecular weight excluding hydrogens is 420 g/mol. The first-order valence-corrected chi connectivity index (χ1v) is 10.6. The topological polar surface area (TPSA) is 128 Å². The van der Waals surface area contributed by atoms with Crippen molar-refractivity contribution in [2.45, 2.75) is 59.2 Å². The Bertz CT molecular complexity index is 1030. The van der Waals surface area contributed by atoms with Gasteiger partial charge in [0.2, 0.25) is 5.95 Å². The molecule has 1 aromatic carbocycles. The van der Waals surface area contributed by atoms with E-state index in [1.165, 1.54) is 6.07 Å². The van der Waals surface area contributed by atoms with Gasteiger partial charge in [-0.05, 0) is 32.8 Å². The molecule has 31 heavy (non-hydrogen) atoms. The number of anilines is 2. The van der Waals surface area contributed by atoms with Gasteiger partial charge in [-0.3, -0.25) is 0 Å². The highest BCUT2D eigenvalue weighted by Gasteiger charge is 2.28. The number of benzene rings is 1. The van der Waals surface area contributed by atoms with Crippen LogP contribution in [0.1, 0.15) is 57.8 Å². The van der Waals surface area contributed by atoms with E-state index in [0.29, 0.717) is 29.6 Å². The zero-order valence-corrected chi connectivity index (χ0v) is 19.1. The van der Waals surface area contributed by atoms with Gasteiger partial charge in [0.25, 0.3) is 0 Å². The number of phenolic OH excluding ortho intramolecular Hbond substituents is 2. The second-order valence-electron chi connectivity index (χ2n) is 8.17. The Kier molecular flexibility index (Phi) is 6.76. The predicted octanol–water partition coefficient (Wildman–Crippen LogP) is 3.95. The van der Waals surface area contributed by atoms with E-state index in [1.54, 1.807) is 13.0 Å². The van der Waals surface area contributed by atoms with Crippen molar-refractivity contribution in [2.24, 2.45) is 0 Å². The summed E-state index contributed by atoms with van der Waals surface area (Å²) in [4.78, 5) is 4.71. The van der Waals surface area contributed by atoms with Crippen molar-refractivity contribution >= 4 is 23.4 Å². The third-order valence-corrected chi connectivity index (χ3v) is 5.19. The molecule has 0 saturated heterocycles. The van der Waals surface area contributed by atoms with Crippen LogP contribution in [0.3, 0.4) is 0 Å². The predicted molar refractivity (Wildman–Crippen MR) is 121 cm³/mol. The zero-order valence-electron chi connectivity index (χ0n) is 18.3. The van der Waals surface area contributed by atoms with Crippen molar-refractivity contribution in [3.8, 4) is 22.9 Å². The maximum atomic E-state index is 10.2. The maximum Gasteiger partial charge on any atom is 0.205 e. The molecule has 0 fully saturated rings. The number of fused-ring (bicyclic) bond motifs is 1. The van der Waals surface area contributed by atoms with E-state index in [2.05, 4.69) is 34.7 Å². The number of aliphatic hydroxyl groups excluding tert-OH is 1. The lowest BCUT2D eigenvalue weighted by atomic mass is 10.1. The Hall–Kier alpha value is -2.78. The molecule has 0 radical (unpaired) electrons. The van der Waals surface area contributed by atoms with Crippen LogP contribution in [-0.2, 0) is 6.54 Å². The molecule has 168 valence electrons. The number of rotatable bonds is 8. The summed E-state index contributed by atoms with van der Waals surface area (Å²) in [5.74, 6) is 0.554. The van der Waals surface area contributed by atoms with Gasteiger partial charge in [0.15, 0.2) is 23.0 Å². The molecule has 2 heterocycles. The van der Waals surface area contributed by atoms with Gasteiger partial charge in [-0.25, -0.2) is 0 Å². The highest BCUT2D eigenvalue weighted by Crippen LogP contribution is 2.39. The largest absolute Gasteiger partial charge is 0.504 e. The van der Waals surface area contributed by atoms with Crippen LogP contribution >= 0.6 is 11.6 Å². The third-order valence-electron chi connectivity index (χ3n) is 4.89. The number of hydrogen-bond donors (Lipinski definition) is 5. The number of aliphatic hydroxyl groups is 1. The highest BCUT2D eigenvalue weighted by atomic mass is 35.5. The summed E-state index contributed by atoms with van der Waals surface area (Å²) in [6.45, 7) is 10.4. The fourth-order valence-electron chi connectivity index (χ4n) is 3.33. The Balaban J connectivity index is 2.07. The van der Waals surface area contributed by atoms with Gasteiger partial charge in [-0.1, -0.05) is 31.5 Å². The number of hydrogen-bond acceptors (Lipinski definition) is 8. The van der Waals surface area contributed by atoms with Crippen molar-refractivity contribution in [3.63, 3.8) is 0 Å². The fraction of sp³-hybridized carbons (Fsp3) is 0.476.